The molecule has 0 radical (unpaired) electrons. The summed E-state index contributed by atoms with van der Waals surface area (Å²) in [5.41, 5.74) is 1.76. The number of rotatable bonds is 5. The Morgan fingerprint density at radius 1 is 1.40 bits per heavy atom. The number of carboxylic acid groups (broad SMARTS) is 1. The minimum atomic E-state index is -0.937. The van der Waals surface area contributed by atoms with Crippen LogP contribution in [-0.4, -0.2) is 30.4 Å². The lowest BCUT2D eigenvalue weighted by atomic mass is 10.1. The van der Waals surface area contributed by atoms with Crippen LogP contribution in [0.2, 0.25) is 0 Å². The summed E-state index contributed by atoms with van der Waals surface area (Å²) in [6.07, 6.45) is 2.25. The highest BCUT2D eigenvalue weighted by Gasteiger charge is 2.35. The summed E-state index contributed by atoms with van der Waals surface area (Å²) in [5, 5.41) is 13.8. The zero-order valence-corrected chi connectivity index (χ0v) is 12.0. The van der Waals surface area contributed by atoms with E-state index in [1.807, 2.05) is 45.2 Å². The van der Waals surface area contributed by atoms with E-state index >= 15 is 0 Å². The third-order valence-electron chi connectivity index (χ3n) is 3.24. The molecule has 0 bridgehead atoms. The van der Waals surface area contributed by atoms with E-state index in [1.165, 1.54) is 0 Å². The Balaban J connectivity index is 2.44. The van der Waals surface area contributed by atoms with E-state index < -0.39 is 5.97 Å². The minimum Gasteiger partial charge on any atom is -0.494 e. The molecule has 1 aromatic carbocycles. The minimum absolute atomic E-state index is 0.103. The summed E-state index contributed by atoms with van der Waals surface area (Å²) < 4.78 is 5.59. The average molecular weight is 275 g/mol. The number of hydrogen-bond acceptors (Lipinski definition) is 3. The van der Waals surface area contributed by atoms with Crippen molar-refractivity contribution < 1.29 is 14.6 Å². The molecule has 0 saturated carbocycles. The Bertz CT molecular complexity index is 593. The monoisotopic (exact) mass is 275 g/mol. The summed E-state index contributed by atoms with van der Waals surface area (Å²) in [5.74, 6) is -0.178. The number of quaternary nitrogens is 1. The summed E-state index contributed by atoms with van der Waals surface area (Å²) >= 11 is 0. The first-order chi connectivity index (χ1) is 9.50. The molecule has 5 nitrogen and oxygen atoms in total. The summed E-state index contributed by atoms with van der Waals surface area (Å²) in [4.78, 5) is 11.3. The number of hydrogen-bond donors (Lipinski definition) is 1. The molecular formula is C15H19N2O3+. The predicted octanol–water partition coefficient (Wildman–Crippen LogP) is 2.77. The van der Waals surface area contributed by atoms with E-state index in [0.29, 0.717) is 18.7 Å². The average Bonchev–Trinajstić information content (AvgIpc) is 2.79. The molecule has 106 valence electrons. The molecule has 1 heterocycles. The van der Waals surface area contributed by atoms with E-state index in [1.54, 1.807) is 6.20 Å². The van der Waals surface area contributed by atoms with Crippen molar-refractivity contribution in [1.29, 1.82) is 0 Å². The van der Waals surface area contributed by atoms with Gasteiger partial charge in [0.05, 0.1) is 6.61 Å². The van der Waals surface area contributed by atoms with Crippen LogP contribution in [0, 0.1) is 0 Å². The maximum Gasteiger partial charge on any atom is 0.343 e. The Kier molecular flexibility index (Phi) is 3.90. The van der Waals surface area contributed by atoms with Crippen molar-refractivity contribution in [3.63, 3.8) is 0 Å². The molecule has 0 aromatic heterocycles. The molecule has 5 heteroatoms. The van der Waals surface area contributed by atoms with Crippen LogP contribution < -0.4 is 9.33 Å². The van der Waals surface area contributed by atoms with Crippen molar-refractivity contribution >= 4 is 17.4 Å². The van der Waals surface area contributed by atoms with Crippen LogP contribution >= 0.6 is 0 Å². The van der Waals surface area contributed by atoms with Crippen molar-refractivity contribution in [1.82, 2.24) is 4.59 Å². The fraction of sp³-hybridized carbons (Fsp3) is 0.333. The molecular weight excluding hydrogens is 256 g/mol. The largest absolute Gasteiger partial charge is 0.494 e. The molecule has 1 unspecified atom stereocenters. The molecule has 0 amide bonds. The van der Waals surface area contributed by atoms with Gasteiger partial charge in [-0.25, -0.2) is 4.79 Å². The highest BCUT2D eigenvalue weighted by Crippen LogP contribution is 2.32. The van der Waals surface area contributed by atoms with Gasteiger partial charge in [-0.05, 0) is 19.4 Å². The van der Waals surface area contributed by atoms with Gasteiger partial charge in [0.25, 0.3) is 0 Å². The lowest BCUT2D eigenvalue weighted by molar-refractivity contribution is -0.132. The van der Waals surface area contributed by atoms with Gasteiger partial charge < -0.3 is 9.84 Å². The molecule has 1 aromatic rings. The first-order valence-corrected chi connectivity index (χ1v) is 6.65. The highest BCUT2D eigenvalue weighted by atomic mass is 16.5. The van der Waals surface area contributed by atoms with E-state index in [2.05, 4.69) is 5.10 Å². The number of benzene rings is 1. The lowest BCUT2D eigenvalue weighted by Crippen LogP contribution is -2.30. The van der Waals surface area contributed by atoms with Crippen LogP contribution in [0.5, 0.6) is 5.75 Å². The number of carbonyl (C=O) groups is 1. The molecule has 1 N–H and O–H groups in total. The fourth-order valence-corrected chi connectivity index (χ4v) is 2.25. The van der Waals surface area contributed by atoms with Crippen LogP contribution in [-0.2, 0) is 4.79 Å². The smallest absolute Gasteiger partial charge is 0.343 e. The second-order valence-corrected chi connectivity index (χ2v) is 4.70. The third-order valence-corrected chi connectivity index (χ3v) is 3.24. The first kappa shape index (κ1) is 14.3. The van der Waals surface area contributed by atoms with E-state index in [0.717, 1.165) is 11.4 Å². The summed E-state index contributed by atoms with van der Waals surface area (Å²) in [7, 11) is 1.86. The topological polar surface area (TPSA) is 58.9 Å². The van der Waals surface area contributed by atoms with E-state index in [-0.39, 0.29) is 10.2 Å². The lowest BCUT2D eigenvalue weighted by Gasteiger charge is -2.20. The van der Waals surface area contributed by atoms with E-state index in [9.17, 15) is 9.90 Å². The number of aliphatic carboxylic acids is 1. The van der Waals surface area contributed by atoms with Gasteiger partial charge in [0.1, 0.15) is 30.3 Å². The zero-order valence-electron chi connectivity index (χ0n) is 12.0. The van der Waals surface area contributed by atoms with Crippen molar-refractivity contribution in [3.05, 3.63) is 36.0 Å². The van der Waals surface area contributed by atoms with Gasteiger partial charge in [0.2, 0.25) is 0 Å². The third kappa shape index (κ3) is 2.58. The maximum absolute atomic E-state index is 11.3. The SMILES string of the molecule is CCOc1cccc([N+]2(C)C=C(C(=O)O)C(CC)=N2)c1. The molecule has 0 saturated heterocycles. The van der Waals surface area contributed by atoms with Crippen LogP contribution in [0.1, 0.15) is 20.3 Å². The van der Waals surface area contributed by atoms with Gasteiger partial charge in [0.15, 0.2) is 5.69 Å². The highest BCUT2D eigenvalue weighted by molar-refractivity contribution is 6.20. The molecule has 0 fully saturated rings. The standard InChI is InChI=1S/C15H18N2O3/c1-4-14-13(15(18)19)10-17(3,16-14)11-7-6-8-12(9-11)20-5-2/h6-10H,4-5H2,1-3H3/p+1. The van der Waals surface area contributed by atoms with Crippen molar-refractivity contribution in [3.8, 4) is 5.75 Å². The molecule has 1 aliphatic rings. The summed E-state index contributed by atoms with van der Waals surface area (Å²) in [6.45, 7) is 4.42. The maximum atomic E-state index is 11.3. The Hall–Kier alpha value is -2.14. The summed E-state index contributed by atoms with van der Waals surface area (Å²) in [6, 6.07) is 7.57. The van der Waals surface area contributed by atoms with Crippen molar-refractivity contribution in [2.24, 2.45) is 5.10 Å². The van der Waals surface area contributed by atoms with Gasteiger partial charge in [-0.1, -0.05) is 18.1 Å². The molecule has 20 heavy (non-hydrogen) atoms. The van der Waals surface area contributed by atoms with Crippen LogP contribution in [0.3, 0.4) is 0 Å². The van der Waals surface area contributed by atoms with Crippen LogP contribution in [0.25, 0.3) is 0 Å². The number of ether oxygens (including phenoxy) is 1. The Morgan fingerprint density at radius 2 is 2.15 bits per heavy atom. The van der Waals surface area contributed by atoms with Gasteiger partial charge in [0, 0.05) is 12.1 Å². The number of nitrogens with zero attached hydrogens (tertiary/aromatic N) is 2. The normalized spacial score (nSPS) is 21.4. The zero-order chi connectivity index (χ0) is 14.8. The van der Waals surface area contributed by atoms with Crippen LogP contribution in [0.15, 0.2) is 41.1 Å². The molecule has 2 rings (SSSR count). The second kappa shape index (κ2) is 5.46. The van der Waals surface area contributed by atoms with Crippen LogP contribution in [0.4, 0.5) is 5.69 Å². The van der Waals surface area contributed by atoms with Gasteiger partial charge >= 0.3 is 5.97 Å². The molecule has 0 aliphatic carbocycles. The molecule has 0 spiro atoms. The molecule has 1 atom stereocenters. The quantitative estimate of drug-likeness (QED) is 0.841. The number of carboxylic acids is 1. The molecule has 1 aliphatic heterocycles. The second-order valence-electron chi connectivity index (χ2n) is 4.70. The van der Waals surface area contributed by atoms with Crippen molar-refractivity contribution in [2.45, 2.75) is 20.3 Å². The van der Waals surface area contributed by atoms with Gasteiger partial charge in [-0.15, -0.1) is 4.59 Å². The first-order valence-electron chi connectivity index (χ1n) is 6.65. The van der Waals surface area contributed by atoms with Gasteiger partial charge in [-0.2, -0.15) is 0 Å². The predicted molar refractivity (Wildman–Crippen MR) is 78.8 cm³/mol. The van der Waals surface area contributed by atoms with Crippen molar-refractivity contribution in [2.75, 3.05) is 13.7 Å². The Morgan fingerprint density at radius 3 is 2.70 bits per heavy atom. The fourth-order valence-electron chi connectivity index (χ4n) is 2.25. The van der Waals surface area contributed by atoms with E-state index in [4.69, 9.17) is 4.74 Å². The Labute approximate surface area is 118 Å². The van der Waals surface area contributed by atoms with Gasteiger partial charge in [-0.3, -0.25) is 0 Å².